The summed E-state index contributed by atoms with van der Waals surface area (Å²) >= 11 is 9.30. The van der Waals surface area contributed by atoms with E-state index < -0.39 is 0 Å². The molecule has 0 saturated heterocycles. The predicted molar refractivity (Wildman–Crippen MR) is 66.6 cm³/mol. The van der Waals surface area contributed by atoms with Crippen molar-refractivity contribution in [1.29, 1.82) is 0 Å². The van der Waals surface area contributed by atoms with Gasteiger partial charge in [0, 0.05) is 10.4 Å². The number of alkyl halides is 1. The quantitative estimate of drug-likeness (QED) is 0.744. The second-order valence-electron chi connectivity index (χ2n) is 3.91. The topological polar surface area (TPSA) is 9.23 Å². The van der Waals surface area contributed by atoms with Crippen LogP contribution in [0.2, 0.25) is 0 Å². The van der Waals surface area contributed by atoms with Crippen molar-refractivity contribution >= 4 is 27.5 Å². The molecule has 2 rings (SSSR count). The Bertz CT molecular complexity index is 334. The molecule has 0 aromatic heterocycles. The van der Waals surface area contributed by atoms with Crippen LogP contribution < -0.4 is 4.74 Å². The minimum Gasteiger partial charge on any atom is -0.490 e. The number of hydrogen-bond donors (Lipinski definition) is 0. The maximum atomic E-state index is 5.89. The summed E-state index contributed by atoms with van der Waals surface area (Å²) in [5, 5.41) is 0. The second kappa shape index (κ2) is 5.22. The average Bonchev–Trinajstić information content (AvgIpc) is 2.73. The SMILES string of the molecule is ClCc1cc(OC2CCCC2)ccc1Br. The Morgan fingerprint density at radius 1 is 1.33 bits per heavy atom. The van der Waals surface area contributed by atoms with Gasteiger partial charge >= 0.3 is 0 Å². The first-order valence-electron chi connectivity index (χ1n) is 5.30. The van der Waals surface area contributed by atoms with Crippen molar-refractivity contribution in [2.45, 2.75) is 37.7 Å². The third-order valence-electron chi connectivity index (χ3n) is 2.77. The third kappa shape index (κ3) is 2.88. The molecule has 1 aliphatic rings. The lowest BCUT2D eigenvalue weighted by atomic mass is 10.2. The molecule has 0 aliphatic heterocycles. The minimum atomic E-state index is 0.411. The van der Waals surface area contributed by atoms with Crippen molar-refractivity contribution in [3.63, 3.8) is 0 Å². The van der Waals surface area contributed by atoms with E-state index in [2.05, 4.69) is 15.9 Å². The summed E-state index contributed by atoms with van der Waals surface area (Å²) in [6.45, 7) is 0. The monoisotopic (exact) mass is 288 g/mol. The number of rotatable bonds is 3. The number of halogens is 2. The standard InChI is InChI=1S/C12H14BrClO/c13-12-6-5-11(7-9(12)8-14)15-10-3-1-2-4-10/h5-7,10H,1-4,8H2. The Hall–Kier alpha value is -0.210. The van der Waals surface area contributed by atoms with Crippen LogP contribution in [0.3, 0.4) is 0 Å². The van der Waals surface area contributed by atoms with Gasteiger partial charge in [0.2, 0.25) is 0 Å². The van der Waals surface area contributed by atoms with Crippen molar-refractivity contribution in [3.8, 4) is 5.75 Å². The Morgan fingerprint density at radius 3 is 2.73 bits per heavy atom. The molecule has 3 heteroatoms. The fraction of sp³-hybridized carbons (Fsp3) is 0.500. The van der Waals surface area contributed by atoms with E-state index in [4.69, 9.17) is 16.3 Å². The van der Waals surface area contributed by atoms with Crippen molar-refractivity contribution < 1.29 is 4.74 Å². The fourth-order valence-corrected chi connectivity index (χ4v) is 2.69. The molecule has 0 amide bonds. The fourth-order valence-electron chi connectivity index (χ4n) is 1.93. The summed E-state index contributed by atoms with van der Waals surface area (Å²) < 4.78 is 6.95. The average molecular weight is 290 g/mol. The van der Waals surface area contributed by atoms with Crippen LogP contribution in [0.4, 0.5) is 0 Å². The minimum absolute atomic E-state index is 0.411. The Morgan fingerprint density at radius 2 is 2.07 bits per heavy atom. The molecular weight excluding hydrogens is 275 g/mol. The number of benzene rings is 1. The van der Waals surface area contributed by atoms with E-state index in [0.29, 0.717) is 12.0 Å². The molecule has 0 heterocycles. The van der Waals surface area contributed by atoms with E-state index in [0.717, 1.165) is 15.8 Å². The maximum absolute atomic E-state index is 5.89. The van der Waals surface area contributed by atoms with Crippen molar-refractivity contribution in [3.05, 3.63) is 28.2 Å². The maximum Gasteiger partial charge on any atom is 0.120 e. The number of ether oxygens (including phenoxy) is 1. The lowest BCUT2D eigenvalue weighted by Gasteiger charge is -2.14. The lowest BCUT2D eigenvalue weighted by Crippen LogP contribution is -2.10. The third-order valence-corrected chi connectivity index (χ3v) is 3.83. The van der Waals surface area contributed by atoms with E-state index >= 15 is 0 Å². The van der Waals surface area contributed by atoms with Crippen molar-refractivity contribution in [1.82, 2.24) is 0 Å². The van der Waals surface area contributed by atoms with Gasteiger partial charge in [-0.1, -0.05) is 15.9 Å². The molecule has 1 saturated carbocycles. The molecule has 0 atom stereocenters. The van der Waals surface area contributed by atoms with Crippen molar-refractivity contribution in [2.75, 3.05) is 0 Å². The van der Waals surface area contributed by atoms with Gasteiger partial charge in [0.05, 0.1) is 6.10 Å². The Balaban J connectivity index is 2.07. The summed E-state index contributed by atoms with van der Waals surface area (Å²) in [5.74, 6) is 1.46. The van der Waals surface area contributed by atoms with Gasteiger partial charge in [-0.3, -0.25) is 0 Å². The molecule has 0 spiro atoms. The van der Waals surface area contributed by atoms with Crippen LogP contribution in [-0.2, 0) is 5.88 Å². The van der Waals surface area contributed by atoms with Crippen LogP contribution in [0.25, 0.3) is 0 Å². The van der Waals surface area contributed by atoms with Crippen LogP contribution in [0, 0.1) is 0 Å². The largest absolute Gasteiger partial charge is 0.490 e. The number of hydrogen-bond acceptors (Lipinski definition) is 1. The molecule has 0 N–H and O–H groups in total. The van der Waals surface area contributed by atoms with Gasteiger partial charge in [0.15, 0.2) is 0 Å². The van der Waals surface area contributed by atoms with Crippen LogP contribution in [0.1, 0.15) is 31.2 Å². The molecule has 0 radical (unpaired) electrons. The van der Waals surface area contributed by atoms with E-state index in [1.165, 1.54) is 25.7 Å². The highest BCUT2D eigenvalue weighted by Gasteiger charge is 2.16. The van der Waals surface area contributed by atoms with Gasteiger partial charge in [0.1, 0.15) is 5.75 Å². The zero-order valence-corrected chi connectivity index (χ0v) is 10.9. The van der Waals surface area contributed by atoms with E-state index in [-0.39, 0.29) is 0 Å². The van der Waals surface area contributed by atoms with Gasteiger partial charge in [-0.25, -0.2) is 0 Å². The summed E-state index contributed by atoms with van der Waals surface area (Å²) in [4.78, 5) is 0. The molecule has 1 fully saturated rings. The zero-order valence-electron chi connectivity index (χ0n) is 8.51. The summed E-state index contributed by atoms with van der Waals surface area (Å²) in [5.41, 5.74) is 1.09. The van der Waals surface area contributed by atoms with E-state index in [9.17, 15) is 0 Å². The second-order valence-corrected chi connectivity index (χ2v) is 5.03. The molecule has 0 unspecified atom stereocenters. The van der Waals surface area contributed by atoms with Gasteiger partial charge < -0.3 is 4.74 Å². The predicted octanol–water partition coefficient (Wildman–Crippen LogP) is 4.51. The molecule has 1 nitrogen and oxygen atoms in total. The highest BCUT2D eigenvalue weighted by molar-refractivity contribution is 9.10. The summed E-state index contributed by atoms with van der Waals surface area (Å²) in [6.07, 6.45) is 5.38. The zero-order chi connectivity index (χ0) is 10.7. The first-order valence-corrected chi connectivity index (χ1v) is 6.63. The van der Waals surface area contributed by atoms with E-state index in [1.807, 2.05) is 18.2 Å². The van der Waals surface area contributed by atoms with Gasteiger partial charge in [-0.15, -0.1) is 11.6 Å². The molecule has 1 aliphatic carbocycles. The van der Waals surface area contributed by atoms with Gasteiger partial charge in [0.25, 0.3) is 0 Å². The molecular formula is C12H14BrClO. The first-order chi connectivity index (χ1) is 7.29. The van der Waals surface area contributed by atoms with Crippen LogP contribution in [-0.4, -0.2) is 6.10 Å². The smallest absolute Gasteiger partial charge is 0.120 e. The molecule has 15 heavy (non-hydrogen) atoms. The Kier molecular flexibility index (Phi) is 3.92. The highest BCUT2D eigenvalue weighted by Crippen LogP contribution is 2.28. The van der Waals surface area contributed by atoms with Gasteiger partial charge in [-0.2, -0.15) is 0 Å². The molecule has 1 aromatic rings. The first kappa shape index (κ1) is 11.3. The Labute approximate surface area is 104 Å². The van der Waals surface area contributed by atoms with Crippen molar-refractivity contribution in [2.24, 2.45) is 0 Å². The summed E-state index contributed by atoms with van der Waals surface area (Å²) in [6, 6.07) is 6.02. The molecule has 82 valence electrons. The summed E-state index contributed by atoms with van der Waals surface area (Å²) in [7, 11) is 0. The van der Waals surface area contributed by atoms with Crippen LogP contribution >= 0.6 is 27.5 Å². The highest BCUT2D eigenvalue weighted by atomic mass is 79.9. The van der Waals surface area contributed by atoms with Gasteiger partial charge in [-0.05, 0) is 49.4 Å². The normalized spacial score (nSPS) is 16.9. The van der Waals surface area contributed by atoms with Crippen LogP contribution in [0.15, 0.2) is 22.7 Å². The molecule has 0 bridgehead atoms. The lowest BCUT2D eigenvalue weighted by molar-refractivity contribution is 0.210. The molecule has 1 aromatic carbocycles. The van der Waals surface area contributed by atoms with E-state index in [1.54, 1.807) is 0 Å². The van der Waals surface area contributed by atoms with Crippen LogP contribution in [0.5, 0.6) is 5.75 Å².